The Labute approximate surface area is 103 Å². The van der Waals surface area contributed by atoms with Crippen LogP contribution in [0.2, 0.25) is 10.0 Å². The molecule has 0 saturated carbocycles. The summed E-state index contributed by atoms with van der Waals surface area (Å²) in [5.74, 6) is 0. The van der Waals surface area contributed by atoms with E-state index in [0.29, 0.717) is 21.3 Å². The Bertz CT molecular complexity index is 529. The zero-order chi connectivity index (χ0) is 11.7. The zero-order valence-electron chi connectivity index (χ0n) is 8.45. The van der Waals surface area contributed by atoms with E-state index in [-0.39, 0.29) is 0 Å². The van der Waals surface area contributed by atoms with Crippen LogP contribution in [0.25, 0.3) is 11.3 Å². The number of hydrogen-bond donors (Lipinski definition) is 0. The molecular formula is C11H8Cl2N2O. The standard InChI is InChI=1S/C11H8Cl2N2O/c1-15-5-8(6-16)11(14-15)7-2-9(12)4-10(13)3-7/h2-6H,1H3. The molecule has 82 valence electrons. The van der Waals surface area contributed by atoms with Crippen LogP contribution in [-0.2, 0) is 7.05 Å². The van der Waals surface area contributed by atoms with E-state index in [1.54, 1.807) is 36.1 Å². The Balaban J connectivity index is 2.61. The molecule has 0 radical (unpaired) electrons. The fourth-order valence-electron chi connectivity index (χ4n) is 1.51. The molecule has 0 spiro atoms. The Kier molecular flexibility index (Phi) is 2.99. The summed E-state index contributed by atoms with van der Waals surface area (Å²) in [4.78, 5) is 10.9. The molecule has 3 nitrogen and oxygen atoms in total. The summed E-state index contributed by atoms with van der Waals surface area (Å²) in [6, 6.07) is 5.08. The predicted molar refractivity (Wildman–Crippen MR) is 64.1 cm³/mol. The van der Waals surface area contributed by atoms with Gasteiger partial charge in [0, 0.05) is 28.9 Å². The van der Waals surface area contributed by atoms with Crippen molar-refractivity contribution in [2.45, 2.75) is 0 Å². The monoisotopic (exact) mass is 254 g/mol. The number of benzene rings is 1. The summed E-state index contributed by atoms with van der Waals surface area (Å²) < 4.78 is 1.58. The van der Waals surface area contributed by atoms with Gasteiger partial charge in [0.25, 0.3) is 0 Å². The molecule has 0 fully saturated rings. The predicted octanol–water partition coefficient (Wildman–Crippen LogP) is 3.21. The van der Waals surface area contributed by atoms with E-state index in [9.17, 15) is 4.79 Å². The van der Waals surface area contributed by atoms with Gasteiger partial charge in [-0.05, 0) is 18.2 Å². The maximum Gasteiger partial charge on any atom is 0.153 e. The summed E-state index contributed by atoms with van der Waals surface area (Å²) in [5.41, 5.74) is 1.84. The number of halogens is 2. The fourth-order valence-corrected chi connectivity index (χ4v) is 2.03. The van der Waals surface area contributed by atoms with Gasteiger partial charge >= 0.3 is 0 Å². The second kappa shape index (κ2) is 4.28. The first-order chi connectivity index (χ1) is 7.60. The van der Waals surface area contributed by atoms with Gasteiger partial charge in [-0.25, -0.2) is 0 Å². The lowest BCUT2D eigenvalue weighted by Crippen LogP contribution is -1.88. The molecule has 1 aromatic heterocycles. The van der Waals surface area contributed by atoms with E-state index in [4.69, 9.17) is 23.2 Å². The molecule has 2 rings (SSSR count). The molecule has 5 heteroatoms. The van der Waals surface area contributed by atoms with Crippen molar-refractivity contribution in [2.24, 2.45) is 7.05 Å². The zero-order valence-corrected chi connectivity index (χ0v) is 9.96. The van der Waals surface area contributed by atoms with Gasteiger partial charge in [0.2, 0.25) is 0 Å². The topological polar surface area (TPSA) is 34.9 Å². The number of carbonyl (C=O) groups is 1. The number of carbonyl (C=O) groups excluding carboxylic acids is 1. The molecule has 0 saturated heterocycles. The summed E-state index contributed by atoms with van der Waals surface area (Å²) in [7, 11) is 1.75. The van der Waals surface area contributed by atoms with Gasteiger partial charge < -0.3 is 0 Å². The van der Waals surface area contributed by atoms with Crippen molar-refractivity contribution in [3.63, 3.8) is 0 Å². The number of aldehydes is 1. The van der Waals surface area contributed by atoms with Crippen molar-refractivity contribution in [2.75, 3.05) is 0 Å². The Morgan fingerprint density at radius 2 is 1.88 bits per heavy atom. The number of hydrogen-bond acceptors (Lipinski definition) is 2. The molecule has 1 heterocycles. The maximum absolute atomic E-state index is 10.9. The van der Waals surface area contributed by atoms with Crippen LogP contribution < -0.4 is 0 Å². The third-order valence-electron chi connectivity index (χ3n) is 2.12. The molecule has 0 N–H and O–H groups in total. The highest BCUT2D eigenvalue weighted by Gasteiger charge is 2.10. The third kappa shape index (κ3) is 2.10. The molecule has 0 aliphatic heterocycles. The Morgan fingerprint density at radius 1 is 1.25 bits per heavy atom. The number of aryl methyl sites for hydroxylation is 1. The highest BCUT2D eigenvalue weighted by Crippen LogP contribution is 2.27. The van der Waals surface area contributed by atoms with Crippen LogP contribution in [0.4, 0.5) is 0 Å². The van der Waals surface area contributed by atoms with Crippen LogP contribution in [0.15, 0.2) is 24.4 Å². The Hall–Kier alpha value is -1.32. The molecular weight excluding hydrogens is 247 g/mol. The highest BCUT2D eigenvalue weighted by atomic mass is 35.5. The number of rotatable bonds is 2. The number of nitrogens with zero attached hydrogens (tertiary/aromatic N) is 2. The SMILES string of the molecule is Cn1cc(C=O)c(-c2cc(Cl)cc(Cl)c2)n1. The molecule has 0 amide bonds. The van der Waals surface area contributed by atoms with Crippen molar-refractivity contribution in [3.05, 3.63) is 40.0 Å². The summed E-state index contributed by atoms with van der Waals surface area (Å²) in [6.07, 6.45) is 2.41. The first kappa shape index (κ1) is 11.2. The van der Waals surface area contributed by atoms with Crippen molar-refractivity contribution < 1.29 is 4.79 Å². The second-order valence-corrected chi connectivity index (χ2v) is 4.26. The molecule has 0 aliphatic carbocycles. The van der Waals surface area contributed by atoms with E-state index < -0.39 is 0 Å². The molecule has 16 heavy (non-hydrogen) atoms. The van der Waals surface area contributed by atoms with E-state index in [0.717, 1.165) is 11.8 Å². The second-order valence-electron chi connectivity index (χ2n) is 3.38. The van der Waals surface area contributed by atoms with Crippen LogP contribution in [0.3, 0.4) is 0 Å². The minimum Gasteiger partial charge on any atom is -0.298 e. The van der Waals surface area contributed by atoms with Crippen LogP contribution in [0, 0.1) is 0 Å². The first-order valence-electron chi connectivity index (χ1n) is 4.55. The summed E-state index contributed by atoms with van der Waals surface area (Å²) in [6.45, 7) is 0. The molecule has 2 aromatic rings. The average Bonchev–Trinajstić information content (AvgIpc) is 2.58. The maximum atomic E-state index is 10.9. The van der Waals surface area contributed by atoms with Crippen LogP contribution in [-0.4, -0.2) is 16.1 Å². The van der Waals surface area contributed by atoms with Crippen molar-refractivity contribution >= 4 is 29.5 Å². The van der Waals surface area contributed by atoms with Gasteiger partial charge in [0.05, 0.1) is 5.56 Å². The van der Waals surface area contributed by atoms with Crippen molar-refractivity contribution in [3.8, 4) is 11.3 Å². The third-order valence-corrected chi connectivity index (χ3v) is 2.56. The summed E-state index contributed by atoms with van der Waals surface area (Å²) >= 11 is 11.8. The normalized spacial score (nSPS) is 10.4. The minimum absolute atomic E-state index is 0.515. The molecule has 0 atom stereocenters. The quantitative estimate of drug-likeness (QED) is 0.772. The average molecular weight is 255 g/mol. The van der Waals surface area contributed by atoms with Gasteiger partial charge in [-0.1, -0.05) is 23.2 Å². The lowest BCUT2D eigenvalue weighted by molar-refractivity contribution is 0.112. The fraction of sp³-hybridized carbons (Fsp3) is 0.0909. The minimum atomic E-state index is 0.515. The van der Waals surface area contributed by atoms with Gasteiger partial charge in [-0.3, -0.25) is 9.48 Å². The lowest BCUT2D eigenvalue weighted by atomic mass is 10.1. The van der Waals surface area contributed by atoms with Crippen LogP contribution >= 0.6 is 23.2 Å². The molecule has 0 unspecified atom stereocenters. The van der Waals surface area contributed by atoms with Gasteiger partial charge in [-0.15, -0.1) is 0 Å². The van der Waals surface area contributed by atoms with Gasteiger partial charge in [0.1, 0.15) is 5.69 Å². The van der Waals surface area contributed by atoms with E-state index in [1.807, 2.05) is 0 Å². The van der Waals surface area contributed by atoms with E-state index >= 15 is 0 Å². The van der Waals surface area contributed by atoms with E-state index in [1.165, 1.54) is 0 Å². The largest absolute Gasteiger partial charge is 0.298 e. The number of aromatic nitrogens is 2. The van der Waals surface area contributed by atoms with Crippen molar-refractivity contribution in [1.29, 1.82) is 0 Å². The lowest BCUT2D eigenvalue weighted by Gasteiger charge is -2.00. The molecule has 1 aromatic carbocycles. The van der Waals surface area contributed by atoms with Crippen LogP contribution in [0.1, 0.15) is 10.4 Å². The van der Waals surface area contributed by atoms with Gasteiger partial charge in [0.15, 0.2) is 6.29 Å². The first-order valence-corrected chi connectivity index (χ1v) is 5.31. The molecule has 0 aliphatic rings. The molecule has 0 bridgehead atoms. The van der Waals surface area contributed by atoms with Crippen LogP contribution in [0.5, 0.6) is 0 Å². The Morgan fingerprint density at radius 3 is 2.44 bits per heavy atom. The van der Waals surface area contributed by atoms with Crippen molar-refractivity contribution in [1.82, 2.24) is 9.78 Å². The highest BCUT2D eigenvalue weighted by molar-refractivity contribution is 6.35. The van der Waals surface area contributed by atoms with Gasteiger partial charge in [-0.2, -0.15) is 5.10 Å². The smallest absolute Gasteiger partial charge is 0.153 e. The van der Waals surface area contributed by atoms with E-state index in [2.05, 4.69) is 5.10 Å². The summed E-state index contributed by atoms with van der Waals surface area (Å²) in [5, 5.41) is 5.24.